The van der Waals surface area contributed by atoms with Crippen molar-refractivity contribution in [3.8, 4) is 22.6 Å². The van der Waals surface area contributed by atoms with Crippen LogP contribution in [0.4, 0.5) is 4.39 Å². The van der Waals surface area contributed by atoms with Gasteiger partial charge in [-0.2, -0.15) is 0 Å². The Labute approximate surface area is 143 Å². The molecule has 0 bridgehead atoms. The quantitative estimate of drug-likeness (QED) is 0.903. The molecule has 0 spiro atoms. The number of hydrogen-bond acceptors (Lipinski definition) is 4. The van der Waals surface area contributed by atoms with E-state index in [0.29, 0.717) is 10.6 Å². The molecule has 1 fully saturated rings. The highest BCUT2D eigenvalue weighted by Gasteiger charge is 2.20. The van der Waals surface area contributed by atoms with Gasteiger partial charge in [0, 0.05) is 0 Å². The molecule has 0 amide bonds. The number of fused-ring (bicyclic) bond motifs is 1. The van der Waals surface area contributed by atoms with Crippen molar-refractivity contribution in [2.75, 3.05) is 26.1 Å². The zero-order chi connectivity index (χ0) is 16.9. The van der Waals surface area contributed by atoms with E-state index in [9.17, 15) is 8.60 Å². The number of nitrogens with one attached hydrogen (secondary N) is 1. The van der Waals surface area contributed by atoms with Gasteiger partial charge in [-0.1, -0.05) is 12.1 Å². The molecule has 0 aliphatic carbocycles. The molecule has 1 unspecified atom stereocenters. The number of methoxy groups -OCH3 is 1. The fourth-order valence-corrected chi connectivity index (χ4v) is 3.56. The lowest BCUT2D eigenvalue weighted by Gasteiger charge is -2.06. The van der Waals surface area contributed by atoms with Crippen LogP contribution in [-0.2, 0) is 10.8 Å². The molecule has 128 valence electrons. The first-order valence-corrected chi connectivity index (χ1v) is 9.21. The van der Waals surface area contributed by atoms with Crippen LogP contribution in [-0.4, -0.2) is 30.3 Å². The van der Waals surface area contributed by atoms with E-state index in [-0.39, 0.29) is 11.7 Å². The third-order valence-corrected chi connectivity index (χ3v) is 5.11. The minimum Gasteiger partial charge on any atom is -0.494 e. The summed E-state index contributed by atoms with van der Waals surface area (Å²) >= 11 is 0. The summed E-state index contributed by atoms with van der Waals surface area (Å²) in [5.74, 6) is 0.592. The van der Waals surface area contributed by atoms with Crippen LogP contribution in [0.2, 0.25) is 0 Å². The molecule has 24 heavy (non-hydrogen) atoms. The SMILES string of the molecule is C1CCNC1.COc1ccc(-c2ccc3c(c2)OCS3=O)cc1F. The maximum atomic E-state index is 13.7. The van der Waals surface area contributed by atoms with Crippen LogP contribution in [0.5, 0.6) is 11.5 Å². The molecule has 1 N–H and O–H groups in total. The monoisotopic (exact) mass is 349 g/mol. The van der Waals surface area contributed by atoms with Gasteiger partial charge in [0.15, 0.2) is 17.5 Å². The third kappa shape index (κ3) is 3.76. The van der Waals surface area contributed by atoms with Gasteiger partial charge in [0.25, 0.3) is 0 Å². The highest BCUT2D eigenvalue weighted by atomic mass is 32.2. The number of halogens is 1. The molecule has 0 saturated carbocycles. The molecule has 2 aromatic rings. The number of ether oxygens (including phenoxy) is 2. The molecule has 4 rings (SSSR count). The zero-order valence-corrected chi connectivity index (χ0v) is 14.3. The average Bonchev–Trinajstić information content (AvgIpc) is 3.28. The maximum absolute atomic E-state index is 13.7. The molecule has 1 saturated heterocycles. The van der Waals surface area contributed by atoms with Crippen LogP contribution >= 0.6 is 0 Å². The second-order valence-corrected chi connectivity index (χ2v) is 6.94. The van der Waals surface area contributed by atoms with Crippen LogP contribution < -0.4 is 14.8 Å². The van der Waals surface area contributed by atoms with E-state index in [4.69, 9.17) is 9.47 Å². The minimum absolute atomic E-state index is 0.190. The zero-order valence-electron chi connectivity index (χ0n) is 13.5. The summed E-state index contributed by atoms with van der Waals surface area (Å²) in [5.41, 5.74) is 1.54. The van der Waals surface area contributed by atoms with Crippen molar-refractivity contribution in [3.63, 3.8) is 0 Å². The van der Waals surface area contributed by atoms with Gasteiger partial charge < -0.3 is 14.8 Å². The van der Waals surface area contributed by atoms with Gasteiger partial charge >= 0.3 is 0 Å². The molecule has 2 aliphatic heterocycles. The third-order valence-electron chi connectivity index (χ3n) is 3.95. The van der Waals surface area contributed by atoms with Crippen molar-refractivity contribution in [2.45, 2.75) is 17.7 Å². The Morgan fingerprint density at radius 1 is 1.12 bits per heavy atom. The molecule has 1 atom stereocenters. The van der Waals surface area contributed by atoms with E-state index in [0.717, 1.165) is 11.1 Å². The predicted molar refractivity (Wildman–Crippen MR) is 92.4 cm³/mol. The Morgan fingerprint density at radius 2 is 1.83 bits per heavy atom. The highest BCUT2D eigenvalue weighted by molar-refractivity contribution is 7.85. The normalized spacial score (nSPS) is 18.3. The molecule has 6 heteroatoms. The fourth-order valence-electron chi connectivity index (χ4n) is 2.64. The summed E-state index contributed by atoms with van der Waals surface area (Å²) in [6, 6.07) is 10.1. The van der Waals surface area contributed by atoms with Gasteiger partial charge in [-0.25, -0.2) is 4.39 Å². The number of rotatable bonds is 2. The Morgan fingerprint density at radius 3 is 2.46 bits per heavy atom. The summed E-state index contributed by atoms with van der Waals surface area (Å²) in [7, 11) is 0.339. The lowest BCUT2D eigenvalue weighted by Crippen LogP contribution is -2.03. The van der Waals surface area contributed by atoms with E-state index in [1.807, 2.05) is 6.07 Å². The molecule has 0 radical (unpaired) electrons. The van der Waals surface area contributed by atoms with Crippen LogP contribution in [0.15, 0.2) is 41.3 Å². The first kappa shape index (κ1) is 16.9. The van der Waals surface area contributed by atoms with Crippen molar-refractivity contribution in [1.82, 2.24) is 5.32 Å². The second kappa shape index (κ2) is 7.77. The van der Waals surface area contributed by atoms with Crippen LogP contribution in [0.25, 0.3) is 11.1 Å². The van der Waals surface area contributed by atoms with Gasteiger partial charge in [-0.15, -0.1) is 0 Å². The van der Waals surface area contributed by atoms with Gasteiger partial charge in [-0.05, 0) is 61.3 Å². The van der Waals surface area contributed by atoms with Crippen molar-refractivity contribution in [1.29, 1.82) is 0 Å². The molecule has 2 aromatic carbocycles. The molecule has 2 aliphatic rings. The molecular formula is C18H20FNO3S. The minimum atomic E-state index is -1.09. The Bertz CT molecular complexity index is 739. The predicted octanol–water partition coefficient (Wildman–Crippen LogP) is 3.33. The van der Waals surface area contributed by atoms with Gasteiger partial charge in [0.05, 0.1) is 22.8 Å². The Balaban J connectivity index is 0.000000290. The molecule has 4 nitrogen and oxygen atoms in total. The lowest BCUT2D eigenvalue weighted by molar-refractivity contribution is 0.386. The standard InChI is InChI=1S/C14H11FO3S.C4H9N/c1-17-12-4-2-9(6-11(12)15)10-3-5-14-13(7-10)18-8-19(14)16;1-2-4-5-3-1/h2-7H,8H2,1H3;5H,1-4H2. The Hall–Kier alpha value is -1.92. The Kier molecular flexibility index (Phi) is 5.48. The van der Waals surface area contributed by atoms with Crippen molar-refractivity contribution >= 4 is 10.8 Å². The van der Waals surface area contributed by atoms with Gasteiger partial charge in [0.2, 0.25) is 0 Å². The van der Waals surface area contributed by atoms with Crippen molar-refractivity contribution < 1.29 is 18.1 Å². The van der Waals surface area contributed by atoms with E-state index in [1.54, 1.807) is 24.3 Å². The van der Waals surface area contributed by atoms with Gasteiger partial charge in [0.1, 0.15) is 5.75 Å². The smallest absolute Gasteiger partial charge is 0.167 e. The topological polar surface area (TPSA) is 47.6 Å². The summed E-state index contributed by atoms with van der Waals surface area (Å²) in [4.78, 5) is 0.692. The summed E-state index contributed by atoms with van der Waals surface area (Å²) in [6.07, 6.45) is 2.78. The lowest BCUT2D eigenvalue weighted by atomic mass is 10.1. The molecule has 2 heterocycles. The maximum Gasteiger partial charge on any atom is 0.167 e. The number of benzene rings is 2. The largest absolute Gasteiger partial charge is 0.494 e. The summed E-state index contributed by atoms with van der Waals surface area (Å²) in [5, 5.41) is 3.22. The molecule has 0 aromatic heterocycles. The van der Waals surface area contributed by atoms with E-state index in [2.05, 4.69) is 5.32 Å². The highest BCUT2D eigenvalue weighted by Crippen LogP contribution is 2.34. The van der Waals surface area contributed by atoms with E-state index < -0.39 is 16.6 Å². The van der Waals surface area contributed by atoms with Crippen molar-refractivity contribution in [2.24, 2.45) is 0 Å². The second-order valence-electron chi connectivity index (χ2n) is 5.58. The molecular weight excluding hydrogens is 329 g/mol. The van der Waals surface area contributed by atoms with E-state index >= 15 is 0 Å². The van der Waals surface area contributed by atoms with Crippen molar-refractivity contribution in [3.05, 3.63) is 42.2 Å². The first-order valence-electron chi connectivity index (χ1n) is 7.89. The van der Waals surface area contributed by atoms with E-state index in [1.165, 1.54) is 39.1 Å². The van der Waals surface area contributed by atoms with Crippen LogP contribution in [0.1, 0.15) is 12.8 Å². The average molecular weight is 349 g/mol. The number of hydrogen-bond donors (Lipinski definition) is 1. The van der Waals surface area contributed by atoms with Crippen LogP contribution in [0, 0.1) is 5.82 Å². The van der Waals surface area contributed by atoms with Crippen LogP contribution in [0.3, 0.4) is 0 Å². The summed E-state index contributed by atoms with van der Waals surface area (Å²) in [6.45, 7) is 2.50. The van der Waals surface area contributed by atoms with Gasteiger partial charge in [-0.3, -0.25) is 4.21 Å². The summed E-state index contributed by atoms with van der Waals surface area (Å²) < 4.78 is 35.4. The first-order chi connectivity index (χ1) is 11.7. The fraction of sp³-hybridized carbons (Fsp3) is 0.333.